The molecule has 5 aliphatic heterocycles. The second-order valence-corrected chi connectivity index (χ2v) is 10.6. The molecule has 1 atom stereocenters. The van der Waals surface area contributed by atoms with Gasteiger partial charge < -0.3 is 15.7 Å². The van der Waals surface area contributed by atoms with E-state index in [0.717, 1.165) is 60.6 Å². The highest BCUT2D eigenvalue weighted by Crippen LogP contribution is 2.57. The first-order valence-corrected chi connectivity index (χ1v) is 12.6. The number of anilines is 2. The Kier molecular flexibility index (Phi) is 4.07. The standard InChI is InChI=1S/C26H23N5O2S/c27-12-16-19(13-4-6-15(32)7-5-13)21-17(2-1-3-18(21)33)31-24(16)29-23(28)22-20-14-8-10-30(11-9-14)25(20)34-26(22)31/h4-7,14,19,32H,1-3,8-11H2,(H2,28,29)/t19-/m0/s1. The van der Waals surface area contributed by atoms with Gasteiger partial charge in [0.25, 0.3) is 0 Å². The van der Waals surface area contributed by atoms with Crippen molar-refractivity contribution in [2.75, 3.05) is 22.9 Å². The average Bonchev–Trinajstić information content (AvgIpc) is 3.28. The number of hydrogen-bond donors (Lipinski definition) is 2. The zero-order valence-corrected chi connectivity index (χ0v) is 19.4. The number of rotatable bonds is 1. The number of ketones is 1. The first-order valence-electron chi connectivity index (χ1n) is 11.8. The molecule has 0 radical (unpaired) electrons. The van der Waals surface area contributed by atoms with Crippen LogP contribution in [0.5, 0.6) is 5.75 Å². The quantitative estimate of drug-likeness (QED) is 0.648. The Morgan fingerprint density at radius 2 is 1.91 bits per heavy atom. The predicted octanol–water partition coefficient (Wildman–Crippen LogP) is 4.22. The fraction of sp³-hybridized carbons (Fsp3) is 0.346. The maximum absolute atomic E-state index is 13.4. The minimum absolute atomic E-state index is 0.0836. The number of Topliss-reactive ketones (excluding diaryl/α,β-unsaturated/α-hetero) is 1. The third-order valence-corrected chi connectivity index (χ3v) is 9.11. The van der Waals surface area contributed by atoms with E-state index in [2.05, 4.69) is 15.9 Å². The number of hydrogen-bond acceptors (Lipinski definition) is 8. The maximum atomic E-state index is 13.4. The first kappa shape index (κ1) is 19.9. The van der Waals surface area contributed by atoms with Crippen LogP contribution in [0.4, 0.5) is 10.0 Å². The van der Waals surface area contributed by atoms with Crippen molar-refractivity contribution in [2.24, 2.45) is 10.7 Å². The molecular formula is C26H23N5O2S. The zero-order chi connectivity index (χ0) is 23.1. The van der Waals surface area contributed by atoms with Gasteiger partial charge in [0, 0.05) is 36.3 Å². The summed E-state index contributed by atoms with van der Waals surface area (Å²) in [6, 6.07) is 9.16. The van der Waals surface area contributed by atoms with Crippen molar-refractivity contribution >= 4 is 33.0 Å². The van der Waals surface area contributed by atoms with Gasteiger partial charge in [-0.3, -0.25) is 9.69 Å². The van der Waals surface area contributed by atoms with Crippen LogP contribution in [0.3, 0.4) is 0 Å². The number of benzene rings is 1. The molecule has 8 rings (SSSR count). The smallest absolute Gasteiger partial charge is 0.161 e. The van der Waals surface area contributed by atoms with Crippen molar-refractivity contribution in [3.05, 3.63) is 63.6 Å². The highest BCUT2D eigenvalue weighted by molar-refractivity contribution is 7.21. The number of phenols is 1. The number of fused-ring (bicyclic) bond motifs is 6. The fourth-order valence-electron chi connectivity index (χ4n) is 6.35. The Labute approximate surface area is 201 Å². The molecule has 0 spiro atoms. The summed E-state index contributed by atoms with van der Waals surface area (Å²) in [6.07, 6.45) is 4.27. The number of nitrogens with two attached hydrogens (primary N) is 1. The molecule has 0 saturated carbocycles. The average molecular weight is 470 g/mol. The molecule has 7 nitrogen and oxygen atoms in total. The number of aliphatic imine (C=N–C) groups is 1. The molecule has 1 aromatic carbocycles. The molecule has 170 valence electrons. The third kappa shape index (κ3) is 2.50. The van der Waals surface area contributed by atoms with Gasteiger partial charge >= 0.3 is 0 Å². The number of thiophene rings is 1. The van der Waals surface area contributed by atoms with E-state index in [1.54, 1.807) is 35.6 Å². The van der Waals surface area contributed by atoms with Crippen molar-refractivity contribution in [3.8, 4) is 11.8 Å². The van der Waals surface area contributed by atoms with Crippen molar-refractivity contribution in [1.82, 2.24) is 0 Å². The molecule has 1 saturated heterocycles. The molecule has 8 heteroatoms. The van der Waals surface area contributed by atoms with Gasteiger partial charge in [-0.25, -0.2) is 4.99 Å². The lowest BCUT2D eigenvalue weighted by Gasteiger charge is -2.41. The van der Waals surface area contributed by atoms with E-state index >= 15 is 0 Å². The van der Waals surface area contributed by atoms with E-state index in [-0.39, 0.29) is 11.5 Å². The number of nitriles is 1. The minimum Gasteiger partial charge on any atom is -0.508 e. The topological polar surface area (TPSA) is 106 Å². The van der Waals surface area contributed by atoms with Crippen LogP contribution < -0.4 is 15.5 Å². The summed E-state index contributed by atoms with van der Waals surface area (Å²) in [5.74, 6) is 1.23. The van der Waals surface area contributed by atoms with Crippen molar-refractivity contribution in [2.45, 2.75) is 43.9 Å². The van der Waals surface area contributed by atoms with Gasteiger partial charge in [-0.15, -0.1) is 0 Å². The molecule has 1 fully saturated rings. The van der Waals surface area contributed by atoms with Crippen LogP contribution in [0, 0.1) is 11.3 Å². The number of allylic oxidation sites excluding steroid dienone is 3. The predicted molar refractivity (Wildman–Crippen MR) is 131 cm³/mol. The van der Waals surface area contributed by atoms with E-state index in [9.17, 15) is 15.2 Å². The van der Waals surface area contributed by atoms with Gasteiger partial charge in [0.05, 0.1) is 28.1 Å². The van der Waals surface area contributed by atoms with Gasteiger partial charge in [-0.05, 0) is 49.3 Å². The molecule has 1 aliphatic carbocycles. The molecule has 34 heavy (non-hydrogen) atoms. The summed E-state index contributed by atoms with van der Waals surface area (Å²) in [5.41, 5.74) is 11.8. The number of amidine groups is 1. The number of piperidine rings is 1. The maximum Gasteiger partial charge on any atom is 0.161 e. The van der Waals surface area contributed by atoms with Gasteiger partial charge in [-0.2, -0.15) is 5.26 Å². The van der Waals surface area contributed by atoms with Crippen molar-refractivity contribution in [1.29, 1.82) is 5.26 Å². The largest absolute Gasteiger partial charge is 0.508 e. The minimum atomic E-state index is -0.507. The lowest BCUT2D eigenvalue weighted by molar-refractivity contribution is -0.116. The zero-order valence-electron chi connectivity index (χ0n) is 18.5. The Morgan fingerprint density at radius 3 is 2.65 bits per heavy atom. The van der Waals surface area contributed by atoms with Gasteiger partial charge in [0.2, 0.25) is 0 Å². The van der Waals surface area contributed by atoms with E-state index in [1.807, 2.05) is 0 Å². The van der Waals surface area contributed by atoms with Crippen molar-refractivity contribution in [3.63, 3.8) is 0 Å². The molecule has 2 aromatic rings. The number of carbonyl (C=O) groups excluding carboxylic acids is 1. The molecule has 3 N–H and O–H groups in total. The highest BCUT2D eigenvalue weighted by Gasteiger charge is 2.46. The number of aromatic hydroxyl groups is 1. The van der Waals surface area contributed by atoms with Crippen LogP contribution in [-0.2, 0) is 4.79 Å². The fourth-order valence-corrected chi connectivity index (χ4v) is 7.83. The van der Waals surface area contributed by atoms with Crippen LogP contribution in [0.2, 0.25) is 0 Å². The van der Waals surface area contributed by atoms with Crippen LogP contribution in [-0.4, -0.2) is 29.8 Å². The summed E-state index contributed by atoms with van der Waals surface area (Å²) < 4.78 is 0. The van der Waals surface area contributed by atoms with E-state index in [4.69, 9.17) is 10.7 Å². The van der Waals surface area contributed by atoms with Gasteiger partial charge in [0.15, 0.2) is 11.6 Å². The lowest BCUT2D eigenvalue weighted by atomic mass is 9.75. The normalized spacial score (nSPS) is 23.3. The van der Waals surface area contributed by atoms with E-state index in [0.29, 0.717) is 35.1 Å². The number of phenolic OH excluding ortho intramolecular Hbond substituents is 1. The summed E-state index contributed by atoms with van der Waals surface area (Å²) in [4.78, 5) is 22.7. The molecule has 0 unspecified atom stereocenters. The monoisotopic (exact) mass is 469 g/mol. The molecule has 6 heterocycles. The summed E-state index contributed by atoms with van der Waals surface area (Å²) in [6.45, 7) is 2.13. The van der Waals surface area contributed by atoms with E-state index in [1.165, 1.54) is 10.6 Å². The molecule has 1 aromatic heterocycles. The molecular weight excluding hydrogens is 446 g/mol. The molecule has 2 bridgehead atoms. The second-order valence-electron chi connectivity index (χ2n) is 9.61. The Bertz CT molecular complexity index is 1400. The highest BCUT2D eigenvalue weighted by atomic mass is 32.1. The molecule has 0 amide bonds. The van der Waals surface area contributed by atoms with Crippen LogP contribution >= 0.6 is 11.3 Å². The SMILES string of the molecule is N#CC1=C2N=C(N)c3c(sc4c3C3CCN4CC3)N2C2=C(C(=O)CCC2)[C@H]1c1ccc(O)cc1. The van der Waals surface area contributed by atoms with Crippen molar-refractivity contribution < 1.29 is 9.90 Å². The Morgan fingerprint density at radius 1 is 1.15 bits per heavy atom. The number of nitrogens with zero attached hydrogens (tertiary/aromatic N) is 4. The Balaban J connectivity index is 1.51. The van der Waals surface area contributed by atoms with E-state index < -0.39 is 5.92 Å². The second kappa shape index (κ2) is 6.97. The van der Waals surface area contributed by atoms with Crippen LogP contribution in [0.15, 0.2) is 51.9 Å². The summed E-state index contributed by atoms with van der Waals surface area (Å²) in [7, 11) is 0. The van der Waals surface area contributed by atoms with Gasteiger partial charge in [-0.1, -0.05) is 23.5 Å². The number of carbonyl (C=O) groups is 1. The van der Waals surface area contributed by atoms with Crippen LogP contribution in [0.1, 0.15) is 60.6 Å². The Hall–Kier alpha value is -3.57. The van der Waals surface area contributed by atoms with Crippen LogP contribution in [0.25, 0.3) is 0 Å². The summed E-state index contributed by atoms with van der Waals surface area (Å²) >= 11 is 1.73. The first-order chi connectivity index (χ1) is 16.6. The van der Waals surface area contributed by atoms with Gasteiger partial charge in [0.1, 0.15) is 16.6 Å². The molecule has 6 aliphatic rings. The third-order valence-electron chi connectivity index (χ3n) is 7.86. The summed E-state index contributed by atoms with van der Waals surface area (Å²) in [5, 5.41) is 22.4. The lowest BCUT2D eigenvalue weighted by Crippen LogP contribution is -2.40.